The van der Waals surface area contributed by atoms with Crippen LogP contribution in [-0.4, -0.2) is 13.7 Å². The van der Waals surface area contributed by atoms with Gasteiger partial charge in [-0.15, -0.1) is 0 Å². The zero-order chi connectivity index (χ0) is 10.6. The van der Waals surface area contributed by atoms with Gasteiger partial charge >= 0.3 is 19.2 Å². The smallest absolute Gasteiger partial charge is 0.403 e. The maximum Gasteiger partial charge on any atom is 0.542 e. The van der Waals surface area contributed by atoms with Crippen LogP contribution in [0.1, 0.15) is 0 Å². The van der Waals surface area contributed by atoms with Gasteiger partial charge < -0.3 is 4.52 Å². The molecule has 0 bridgehead atoms. The summed E-state index contributed by atoms with van der Waals surface area (Å²) in [5.74, 6) is 0.0729. The van der Waals surface area contributed by atoms with Gasteiger partial charge in [0, 0.05) is 0 Å². The third-order valence-corrected chi connectivity index (χ3v) is 2.83. The zero-order valence-corrected chi connectivity index (χ0v) is 8.48. The molecule has 0 aliphatic rings. The lowest BCUT2D eigenvalue weighted by atomic mass is 10.3. The van der Waals surface area contributed by atoms with E-state index in [4.69, 9.17) is 9.45 Å². The average Bonchev–Trinajstić information content (AvgIpc) is 2.02. The monoisotopic (exact) mass is 238 g/mol. The average molecular weight is 238 g/mol. The molecule has 2 unspecified atom stereocenters. The van der Waals surface area contributed by atoms with Crippen molar-refractivity contribution in [2.24, 2.45) is 0 Å². The highest BCUT2D eigenvalue weighted by atomic mass is 32.2. The molecule has 14 heavy (non-hydrogen) atoms. The van der Waals surface area contributed by atoms with Crippen LogP contribution in [0.5, 0.6) is 5.75 Å². The molecule has 0 aliphatic heterocycles. The Morgan fingerprint density at radius 2 is 1.86 bits per heavy atom. The van der Waals surface area contributed by atoms with E-state index in [2.05, 4.69) is 8.49 Å². The minimum absolute atomic E-state index is 0.0729. The molecule has 0 aromatic heterocycles. The molecular formula is C6H7O6PS. The van der Waals surface area contributed by atoms with Gasteiger partial charge in [0.25, 0.3) is 0 Å². The Kier molecular flexibility index (Phi) is 3.79. The summed E-state index contributed by atoms with van der Waals surface area (Å²) < 4.78 is 37.4. The predicted octanol–water partition coefficient (Wildman–Crippen LogP) is 1.32. The Labute approximate surface area is 82.6 Å². The maximum atomic E-state index is 11.0. The first-order valence-corrected chi connectivity index (χ1v) is 5.91. The lowest BCUT2D eigenvalue weighted by molar-refractivity contribution is 0.289. The number of phosphoric ester groups is 1. The standard InChI is InChI=1S/C6H7O6PS/c7-13(8,12-14(9)10)11-6-4-2-1-3-5-6/h1-5H,(H,7,8)(H,9,10). The van der Waals surface area contributed by atoms with Crippen molar-refractivity contribution in [1.29, 1.82) is 0 Å². The number of benzene rings is 1. The highest BCUT2D eigenvalue weighted by Gasteiger charge is 2.26. The highest BCUT2D eigenvalue weighted by molar-refractivity contribution is 7.79. The lowest BCUT2D eigenvalue weighted by Gasteiger charge is -2.09. The van der Waals surface area contributed by atoms with Crippen molar-refractivity contribution in [1.82, 2.24) is 0 Å². The van der Waals surface area contributed by atoms with Gasteiger partial charge in [-0.2, -0.15) is 8.18 Å². The molecule has 0 heterocycles. The third kappa shape index (κ3) is 3.99. The van der Waals surface area contributed by atoms with Crippen molar-refractivity contribution < 1.29 is 26.7 Å². The minimum atomic E-state index is -4.52. The summed E-state index contributed by atoms with van der Waals surface area (Å²) in [7, 11) is -4.52. The molecule has 1 rings (SSSR count). The molecule has 2 atom stereocenters. The Bertz CT molecular complexity index is 366. The Morgan fingerprint density at radius 1 is 1.29 bits per heavy atom. The second-order valence-electron chi connectivity index (χ2n) is 2.16. The van der Waals surface area contributed by atoms with E-state index >= 15 is 0 Å². The van der Waals surface area contributed by atoms with E-state index in [0.29, 0.717) is 0 Å². The number of hydrogen-bond donors (Lipinski definition) is 2. The predicted molar refractivity (Wildman–Crippen MR) is 48.8 cm³/mol. The maximum absolute atomic E-state index is 11.0. The quantitative estimate of drug-likeness (QED) is 0.607. The van der Waals surface area contributed by atoms with Crippen LogP contribution in [0, 0.1) is 0 Å². The van der Waals surface area contributed by atoms with Crippen LogP contribution in [0.4, 0.5) is 0 Å². The molecule has 8 heteroatoms. The molecule has 6 nitrogen and oxygen atoms in total. The van der Waals surface area contributed by atoms with Gasteiger partial charge in [-0.05, 0) is 12.1 Å². The highest BCUT2D eigenvalue weighted by Crippen LogP contribution is 2.44. The van der Waals surface area contributed by atoms with Gasteiger partial charge in [0.05, 0.1) is 0 Å². The van der Waals surface area contributed by atoms with E-state index in [0.717, 1.165) is 0 Å². The van der Waals surface area contributed by atoms with Gasteiger partial charge in [0.1, 0.15) is 5.75 Å². The van der Waals surface area contributed by atoms with Crippen LogP contribution in [-0.2, 0) is 19.9 Å². The second-order valence-corrected chi connectivity index (χ2v) is 4.31. The normalized spacial score (nSPS) is 17.0. The largest absolute Gasteiger partial charge is 0.542 e. The van der Waals surface area contributed by atoms with Gasteiger partial charge in [0.2, 0.25) is 0 Å². The molecule has 1 aromatic carbocycles. The van der Waals surface area contributed by atoms with E-state index in [1.165, 1.54) is 12.1 Å². The van der Waals surface area contributed by atoms with Gasteiger partial charge in [-0.3, -0.25) is 9.45 Å². The fourth-order valence-electron chi connectivity index (χ4n) is 0.710. The number of phosphoric acid groups is 1. The van der Waals surface area contributed by atoms with Crippen LogP contribution in [0.25, 0.3) is 0 Å². The molecule has 78 valence electrons. The van der Waals surface area contributed by atoms with Crippen molar-refractivity contribution in [3.8, 4) is 5.75 Å². The van der Waals surface area contributed by atoms with Crippen molar-refractivity contribution in [2.45, 2.75) is 0 Å². The van der Waals surface area contributed by atoms with Crippen LogP contribution >= 0.6 is 7.82 Å². The summed E-state index contributed by atoms with van der Waals surface area (Å²) in [6, 6.07) is 7.65. The SMILES string of the molecule is O=S(O)OP(=O)(O)Oc1ccccc1. The molecule has 0 saturated heterocycles. The van der Waals surface area contributed by atoms with Crippen molar-refractivity contribution in [3.05, 3.63) is 30.3 Å². The van der Waals surface area contributed by atoms with Crippen LogP contribution < -0.4 is 4.52 Å². The first-order chi connectivity index (χ1) is 6.49. The molecule has 0 saturated carbocycles. The van der Waals surface area contributed by atoms with Crippen LogP contribution in [0.15, 0.2) is 30.3 Å². The Balaban J connectivity index is 2.69. The van der Waals surface area contributed by atoms with E-state index in [1.807, 2.05) is 0 Å². The molecule has 2 N–H and O–H groups in total. The minimum Gasteiger partial charge on any atom is -0.403 e. The summed E-state index contributed by atoms with van der Waals surface area (Å²) in [6.45, 7) is 0. The first-order valence-electron chi connectivity index (χ1n) is 3.38. The molecule has 0 radical (unpaired) electrons. The van der Waals surface area contributed by atoms with Crippen molar-refractivity contribution >= 4 is 19.2 Å². The summed E-state index contributed by atoms with van der Waals surface area (Å²) >= 11 is -2.85. The van der Waals surface area contributed by atoms with Gasteiger partial charge in [0.15, 0.2) is 0 Å². The number of hydrogen-bond acceptors (Lipinski definition) is 4. The number of rotatable bonds is 4. The van der Waals surface area contributed by atoms with E-state index in [-0.39, 0.29) is 5.75 Å². The first kappa shape index (κ1) is 11.4. The summed E-state index contributed by atoms with van der Waals surface area (Å²) in [6.07, 6.45) is 0. The molecule has 0 spiro atoms. The van der Waals surface area contributed by atoms with E-state index in [1.54, 1.807) is 18.2 Å². The molecule has 0 fully saturated rings. The van der Waals surface area contributed by atoms with Gasteiger partial charge in [-0.25, -0.2) is 4.57 Å². The molecule has 0 aliphatic carbocycles. The van der Waals surface area contributed by atoms with Crippen LogP contribution in [0.2, 0.25) is 0 Å². The number of para-hydroxylation sites is 1. The Morgan fingerprint density at radius 3 is 2.36 bits per heavy atom. The van der Waals surface area contributed by atoms with Crippen molar-refractivity contribution in [3.63, 3.8) is 0 Å². The van der Waals surface area contributed by atoms with E-state index < -0.39 is 19.2 Å². The van der Waals surface area contributed by atoms with Crippen LogP contribution in [0.3, 0.4) is 0 Å². The van der Waals surface area contributed by atoms with E-state index in [9.17, 15) is 8.77 Å². The zero-order valence-electron chi connectivity index (χ0n) is 6.77. The third-order valence-electron chi connectivity index (χ3n) is 1.12. The fourth-order valence-corrected chi connectivity index (χ4v) is 1.86. The molecule has 1 aromatic rings. The summed E-state index contributed by atoms with van der Waals surface area (Å²) in [5, 5.41) is 0. The fraction of sp³-hybridized carbons (Fsp3) is 0. The summed E-state index contributed by atoms with van der Waals surface area (Å²) in [4.78, 5) is 8.90. The Hall–Kier alpha value is -0.720. The summed E-state index contributed by atoms with van der Waals surface area (Å²) in [5.41, 5.74) is 0. The molecular weight excluding hydrogens is 231 g/mol. The topological polar surface area (TPSA) is 93.1 Å². The van der Waals surface area contributed by atoms with Gasteiger partial charge in [-0.1, -0.05) is 18.2 Å². The second kappa shape index (κ2) is 4.68. The lowest BCUT2D eigenvalue weighted by Crippen LogP contribution is -1.99. The van der Waals surface area contributed by atoms with Crippen molar-refractivity contribution in [2.75, 3.05) is 0 Å². The molecule has 0 amide bonds.